The molecule has 2 heteroatoms. The summed E-state index contributed by atoms with van der Waals surface area (Å²) in [5, 5.41) is 0. The molecule has 1 aromatic carbocycles. The van der Waals surface area contributed by atoms with Crippen LogP contribution in [0.5, 0.6) is 0 Å². The zero-order chi connectivity index (χ0) is 12.1. The summed E-state index contributed by atoms with van der Waals surface area (Å²) in [6, 6.07) is 7.94. The number of carbonyl (C=O) groups is 1. The zero-order valence-corrected chi connectivity index (χ0v) is 10.4. The average molecular weight is 219 g/mol. The van der Waals surface area contributed by atoms with Crippen molar-refractivity contribution in [2.75, 3.05) is 0 Å². The predicted molar refractivity (Wildman–Crippen MR) is 67.6 cm³/mol. The number of rotatable bonds is 5. The van der Waals surface area contributed by atoms with Crippen LogP contribution in [0.2, 0.25) is 0 Å². The van der Waals surface area contributed by atoms with Crippen molar-refractivity contribution < 1.29 is 4.79 Å². The summed E-state index contributed by atoms with van der Waals surface area (Å²) < 4.78 is 0. The Morgan fingerprint density at radius 1 is 1.38 bits per heavy atom. The molecule has 0 aliphatic heterocycles. The van der Waals surface area contributed by atoms with Crippen LogP contribution in [0.25, 0.3) is 0 Å². The first-order valence-electron chi connectivity index (χ1n) is 5.84. The normalized spacial score (nSPS) is 12.8. The Bertz CT molecular complexity index is 358. The van der Waals surface area contributed by atoms with Crippen LogP contribution in [0.4, 0.5) is 0 Å². The van der Waals surface area contributed by atoms with E-state index in [2.05, 4.69) is 13.8 Å². The summed E-state index contributed by atoms with van der Waals surface area (Å²) in [5.74, 6) is 0.727. The lowest BCUT2D eigenvalue weighted by Gasteiger charge is -2.14. The Balaban J connectivity index is 2.66. The predicted octanol–water partition coefficient (Wildman–Crippen LogP) is 2.81. The Kier molecular flexibility index (Phi) is 4.69. The van der Waals surface area contributed by atoms with Crippen LogP contribution in [0.1, 0.15) is 43.1 Å². The number of carbonyl (C=O) groups excluding carboxylic acids is 1. The van der Waals surface area contributed by atoms with E-state index in [1.54, 1.807) is 6.92 Å². The van der Waals surface area contributed by atoms with Gasteiger partial charge in [0.2, 0.25) is 0 Å². The van der Waals surface area contributed by atoms with Gasteiger partial charge in [-0.15, -0.1) is 0 Å². The topological polar surface area (TPSA) is 43.1 Å². The second-order valence-electron chi connectivity index (χ2n) is 4.85. The maximum Gasteiger partial charge on any atom is 0.159 e. The van der Waals surface area contributed by atoms with Gasteiger partial charge in [-0.3, -0.25) is 4.79 Å². The lowest BCUT2D eigenvalue weighted by Crippen LogP contribution is -2.24. The molecule has 0 bridgehead atoms. The Morgan fingerprint density at radius 3 is 2.62 bits per heavy atom. The average Bonchev–Trinajstić information content (AvgIpc) is 2.16. The third kappa shape index (κ3) is 4.15. The molecule has 16 heavy (non-hydrogen) atoms. The molecular weight excluding hydrogens is 198 g/mol. The molecule has 0 saturated carbocycles. The zero-order valence-electron chi connectivity index (χ0n) is 10.4. The van der Waals surface area contributed by atoms with Gasteiger partial charge in [-0.2, -0.15) is 0 Å². The van der Waals surface area contributed by atoms with Gasteiger partial charge >= 0.3 is 0 Å². The highest BCUT2D eigenvalue weighted by Gasteiger charge is 2.07. The summed E-state index contributed by atoms with van der Waals surface area (Å²) in [6.07, 6.45) is 1.86. The first kappa shape index (κ1) is 12.9. The molecule has 0 spiro atoms. The Morgan fingerprint density at radius 2 is 2.06 bits per heavy atom. The molecule has 0 heterocycles. The van der Waals surface area contributed by atoms with Gasteiger partial charge in [0.25, 0.3) is 0 Å². The molecule has 0 saturated heterocycles. The third-order valence-electron chi connectivity index (χ3n) is 2.61. The van der Waals surface area contributed by atoms with E-state index in [1.165, 1.54) is 0 Å². The van der Waals surface area contributed by atoms with Crippen LogP contribution < -0.4 is 5.73 Å². The standard InChI is InChI=1S/C14H21NO/c1-10(2)7-14(15)9-12-5-4-6-13(8-12)11(3)16/h4-6,8,10,14H,7,9,15H2,1-3H3. The van der Waals surface area contributed by atoms with Gasteiger partial charge in [0.15, 0.2) is 5.78 Å². The fourth-order valence-electron chi connectivity index (χ4n) is 1.91. The number of nitrogens with two attached hydrogens (primary N) is 1. The van der Waals surface area contributed by atoms with Crippen molar-refractivity contribution in [3.8, 4) is 0 Å². The molecule has 1 atom stereocenters. The number of benzene rings is 1. The van der Waals surface area contributed by atoms with E-state index in [0.717, 1.165) is 24.0 Å². The molecule has 0 fully saturated rings. The van der Waals surface area contributed by atoms with Gasteiger partial charge < -0.3 is 5.73 Å². The van der Waals surface area contributed by atoms with Crippen LogP contribution in [0, 0.1) is 5.92 Å². The van der Waals surface area contributed by atoms with Gasteiger partial charge in [-0.1, -0.05) is 32.0 Å². The SMILES string of the molecule is CC(=O)c1cccc(CC(N)CC(C)C)c1. The maximum absolute atomic E-state index is 11.2. The van der Waals surface area contributed by atoms with Gasteiger partial charge in [0.1, 0.15) is 0 Å². The van der Waals surface area contributed by atoms with Crippen molar-refractivity contribution in [1.29, 1.82) is 0 Å². The van der Waals surface area contributed by atoms with Crippen LogP contribution in [0.3, 0.4) is 0 Å². The summed E-state index contributed by atoms with van der Waals surface area (Å²) in [5.41, 5.74) is 7.97. The molecule has 88 valence electrons. The fraction of sp³-hybridized carbons (Fsp3) is 0.500. The van der Waals surface area contributed by atoms with E-state index in [4.69, 9.17) is 5.73 Å². The first-order chi connectivity index (χ1) is 7.49. The van der Waals surface area contributed by atoms with E-state index in [9.17, 15) is 4.79 Å². The summed E-state index contributed by atoms with van der Waals surface area (Å²) in [6.45, 7) is 5.94. The lowest BCUT2D eigenvalue weighted by atomic mass is 9.97. The summed E-state index contributed by atoms with van der Waals surface area (Å²) in [4.78, 5) is 11.2. The summed E-state index contributed by atoms with van der Waals surface area (Å²) >= 11 is 0. The van der Waals surface area contributed by atoms with E-state index in [-0.39, 0.29) is 11.8 Å². The quantitative estimate of drug-likeness (QED) is 0.774. The Labute approximate surface area is 97.9 Å². The number of Topliss-reactive ketones (excluding diaryl/α,β-unsaturated/α-hetero) is 1. The van der Waals surface area contributed by atoms with Crippen molar-refractivity contribution >= 4 is 5.78 Å². The van der Waals surface area contributed by atoms with Crippen molar-refractivity contribution in [3.63, 3.8) is 0 Å². The second kappa shape index (κ2) is 5.80. The number of hydrogen-bond acceptors (Lipinski definition) is 2. The minimum Gasteiger partial charge on any atom is -0.327 e. The molecule has 1 unspecified atom stereocenters. The molecule has 2 N–H and O–H groups in total. The molecule has 0 aliphatic rings. The van der Waals surface area contributed by atoms with Crippen molar-refractivity contribution in [3.05, 3.63) is 35.4 Å². The maximum atomic E-state index is 11.2. The van der Waals surface area contributed by atoms with Gasteiger partial charge in [-0.25, -0.2) is 0 Å². The van der Waals surface area contributed by atoms with Gasteiger partial charge in [0, 0.05) is 11.6 Å². The molecule has 0 aliphatic carbocycles. The fourth-order valence-corrected chi connectivity index (χ4v) is 1.91. The Hall–Kier alpha value is -1.15. The molecule has 1 rings (SSSR count). The van der Waals surface area contributed by atoms with Crippen molar-refractivity contribution in [2.45, 2.75) is 39.7 Å². The molecule has 2 nitrogen and oxygen atoms in total. The van der Waals surface area contributed by atoms with Crippen LogP contribution in [-0.4, -0.2) is 11.8 Å². The molecule has 0 amide bonds. The molecule has 0 aromatic heterocycles. The smallest absolute Gasteiger partial charge is 0.159 e. The highest BCUT2D eigenvalue weighted by atomic mass is 16.1. The lowest BCUT2D eigenvalue weighted by molar-refractivity contribution is 0.101. The molecular formula is C14H21NO. The van der Waals surface area contributed by atoms with E-state index < -0.39 is 0 Å². The molecule has 1 aromatic rings. The van der Waals surface area contributed by atoms with Crippen LogP contribution >= 0.6 is 0 Å². The van der Waals surface area contributed by atoms with Crippen LogP contribution in [-0.2, 0) is 6.42 Å². The minimum absolute atomic E-state index is 0.110. The largest absolute Gasteiger partial charge is 0.327 e. The van der Waals surface area contributed by atoms with Crippen molar-refractivity contribution in [2.24, 2.45) is 11.7 Å². The van der Waals surface area contributed by atoms with Gasteiger partial charge in [0.05, 0.1) is 0 Å². The van der Waals surface area contributed by atoms with Gasteiger partial charge in [-0.05, 0) is 37.3 Å². The highest BCUT2D eigenvalue weighted by molar-refractivity contribution is 5.94. The third-order valence-corrected chi connectivity index (χ3v) is 2.61. The second-order valence-corrected chi connectivity index (χ2v) is 4.85. The number of hydrogen-bond donors (Lipinski definition) is 1. The van der Waals surface area contributed by atoms with E-state index in [1.807, 2.05) is 24.3 Å². The first-order valence-corrected chi connectivity index (χ1v) is 5.84. The van der Waals surface area contributed by atoms with Crippen molar-refractivity contribution in [1.82, 2.24) is 0 Å². The highest BCUT2D eigenvalue weighted by Crippen LogP contribution is 2.11. The van der Waals surface area contributed by atoms with E-state index in [0.29, 0.717) is 5.92 Å². The van der Waals surface area contributed by atoms with Crippen LogP contribution in [0.15, 0.2) is 24.3 Å². The minimum atomic E-state index is 0.110. The molecule has 0 radical (unpaired) electrons. The summed E-state index contributed by atoms with van der Waals surface area (Å²) in [7, 11) is 0. The number of ketones is 1. The van der Waals surface area contributed by atoms with E-state index >= 15 is 0 Å². The monoisotopic (exact) mass is 219 g/mol.